The van der Waals surface area contributed by atoms with Crippen LogP contribution in [0.3, 0.4) is 0 Å². The van der Waals surface area contributed by atoms with E-state index in [4.69, 9.17) is 9.47 Å². The molecule has 0 bridgehead atoms. The second-order valence-corrected chi connectivity index (χ2v) is 4.67. The SMILES string of the molecule is COc1ccc(N2CCNC(C)CC2)cc1OC. The summed E-state index contributed by atoms with van der Waals surface area (Å²) >= 11 is 0. The van der Waals surface area contributed by atoms with Crippen molar-refractivity contribution < 1.29 is 9.47 Å². The molecule has 1 N–H and O–H groups in total. The van der Waals surface area contributed by atoms with Gasteiger partial charge in [-0.05, 0) is 25.5 Å². The van der Waals surface area contributed by atoms with E-state index in [1.54, 1.807) is 14.2 Å². The highest BCUT2D eigenvalue weighted by Gasteiger charge is 2.15. The fraction of sp³-hybridized carbons (Fsp3) is 0.571. The van der Waals surface area contributed by atoms with Gasteiger partial charge in [-0.15, -0.1) is 0 Å². The number of hydrogen-bond donors (Lipinski definition) is 1. The van der Waals surface area contributed by atoms with Crippen molar-refractivity contribution in [2.45, 2.75) is 19.4 Å². The van der Waals surface area contributed by atoms with Crippen LogP contribution >= 0.6 is 0 Å². The van der Waals surface area contributed by atoms with Crippen molar-refractivity contribution in [2.24, 2.45) is 0 Å². The Morgan fingerprint density at radius 1 is 1.17 bits per heavy atom. The van der Waals surface area contributed by atoms with Crippen LogP contribution < -0.4 is 19.7 Å². The summed E-state index contributed by atoms with van der Waals surface area (Å²) in [6, 6.07) is 6.71. The van der Waals surface area contributed by atoms with Crippen LogP contribution in [0.15, 0.2) is 18.2 Å². The van der Waals surface area contributed by atoms with Crippen LogP contribution in [0.25, 0.3) is 0 Å². The maximum Gasteiger partial charge on any atom is 0.162 e. The molecule has 4 nitrogen and oxygen atoms in total. The fourth-order valence-electron chi connectivity index (χ4n) is 2.29. The molecule has 1 aromatic rings. The third-order valence-electron chi connectivity index (χ3n) is 3.44. The van der Waals surface area contributed by atoms with Crippen LogP contribution in [-0.2, 0) is 0 Å². The average molecular weight is 250 g/mol. The molecule has 0 radical (unpaired) electrons. The van der Waals surface area contributed by atoms with Gasteiger partial charge >= 0.3 is 0 Å². The number of hydrogen-bond acceptors (Lipinski definition) is 4. The molecule has 1 atom stereocenters. The first-order chi connectivity index (χ1) is 8.74. The molecular formula is C14H22N2O2. The molecule has 100 valence electrons. The van der Waals surface area contributed by atoms with Crippen molar-refractivity contribution >= 4 is 5.69 Å². The highest BCUT2D eigenvalue weighted by molar-refractivity contribution is 5.56. The minimum absolute atomic E-state index is 0.593. The summed E-state index contributed by atoms with van der Waals surface area (Å²) in [5.74, 6) is 1.57. The molecule has 2 rings (SSSR count). The lowest BCUT2D eigenvalue weighted by molar-refractivity contribution is 0.355. The number of nitrogens with zero attached hydrogens (tertiary/aromatic N) is 1. The van der Waals surface area contributed by atoms with Crippen LogP contribution in [0.2, 0.25) is 0 Å². The van der Waals surface area contributed by atoms with Crippen LogP contribution in [0.5, 0.6) is 11.5 Å². The number of nitrogens with one attached hydrogen (secondary N) is 1. The Morgan fingerprint density at radius 3 is 2.67 bits per heavy atom. The number of methoxy groups -OCH3 is 2. The Morgan fingerprint density at radius 2 is 1.94 bits per heavy atom. The van der Waals surface area contributed by atoms with Gasteiger partial charge in [0.15, 0.2) is 11.5 Å². The first-order valence-corrected chi connectivity index (χ1v) is 6.45. The number of benzene rings is 1. The van der Waals surface area contributed by atoms with Gasteiger partial charge in [-0.25, -0.2) is 0 Å². The summed E-state index contributed by atoms with van der Waals surface area (Å²) in [4.78, 5) is 2.39. The van der Waals surface area contributed by atoms with E-state index in [9.17, 15) is 0 Å². The van der Waals surface area contributed by atoms with E-state index in [1.165, 1.54) is 5.69 Å². The lowest BCUT2D eigenvalue weighted by atomic mass is 10.2. The molecule has 0 saturated carbocycles. The predicted octanol–water partition coefficient (Wildman–Crippen LogP) is 1.89. The van der Waals surface area contributed by atoms with Gasteiger partial charge in [0.1, 0.15) is 0 Å². The van der Waals surface area contributed by atoms with Crippen LogP contribution in [0.4, 0.5) is 5.69 Å². The fourth-order valence-corrected chi connectivity index (χ4v) is 2.29. The van der Waals surface area contributed by atoms with Crippen molar-refractivity contribution in [1.82, 2.24) is 5.32 Å². The third-order valence-corrected chi connectivity index (χ3v) is 3.44. The van der Waals surface area contributed by atoms with Crippen molar-refractivity contribution in [1.29, 1.82) is 0 Å². The molecule has 1 fully saturated rings. The predicted molar refractivity (Wildman–Crippen MR) is 73.8 cm³/mol. The van der Waals surface area contributed by atoms with Crippen molar-refractivity contribution in [3.05, 3.63) is 18.2 Å². The van der Waals surface area contributed by atoms with Crippen LogP contribution in [0, 0.1) is 0 Å². The van der Waals surface area contributed by atoms with Gasteiger partial charge in [0, 0.05) is 37.4 Å². The number of rotatable bonds is 3. The zero-order valence-corrected chi connectivity index (χ0v) is 11.4. The Hall–Kier alpha value is -1.42. The molecule has 0 aromatic heterocycles. The Labute approximate surface area is 109 Å². The Bertz CT molecular complexity index is 395. The molecule has 0 amide bonds. The summed E-state index contributed by atoms with van der Waals surface area (Å²) in [6.07, 6.45) is 1.16. The smallest absolute Gasteiger partial charge is 0.162 e. The Balaban J connectivity index is 2.17. The minimum Gasteiger partial charge on any atom is -0.493 e. The molecule has 18 heavy (non-hydrogen) atoms. The second-order valence-electron chi connectivity index (χ2n) is 4.67. The molecule has 1 aliphatic rings. The molecule has 0 spiro atoms. The van der Waals surface area contributed by atoms with Gasteiger partial charge in [-0.3, -0.25) is 0 Å². The first-order valence-electron chi connectivity index (χ1n) is 6.45. The van der Waals surface area contributed by atoms with E-state index < -0.39 is 0 Å². The molecule has 1 saturated heterocycles. The number of anilines is 1. The minimum atomic E-state index is 0.593. The van der Waals surface area contributed by atoms with Crippen molar-refractivity contribution in [2.75, 3.05) is 38.8 Å². The van der Waals surface area contributed by atoms with E-state index in [0.717, 1.165) is 37.6 Å². The normalized spacial score (nSPS) is 20.4. The van der Waals surface area contributed by atoms with Crippen molar-refractivity contribution in [3.8, 4) is 11.5 Å². The van der Waals surface area contributed by atoms with Crippen molar-refractivity contribution in [3.63, 3.8) is 0 Å². The van der Waals surface area contributed by atoms with Crippen LogP contribution in [-0.4, -0.2) is 39.9 Å². The lowest BCUT2D eigenvalue weighted by Gasteiger charge is -2.23. The highest BCUT2D eigenvalue weighted by Crippen LogP contribution is 2.31. The van der Waals surface area contributed by atoms with Gasteiger partial charge in [-0.1, -0.05) is 0 Å². The second kappa shape index (κ2) is 5.96. The zero-order valence-electron chi connectivity index (χ0n) is 11.4. The highest BCUT2D eigenvalue weighted by atomic mass is 16.5. The molecule has 1 unspecified atom stereocenters. The average Bonchev–Trinajstić information content (AvgIpc) is 2.62. The summed E-state index contributed by atoms with van der Waals surface area (Å²) < 4.78 is 10.6. The van der Waals surface area contributed by atoms with Gasteiger partial charge in [0.2, 0.25) is 0 Å². The van der Waals surface area contributed by atoms with Crippen LogP contribution in [0.1, 0.15) is 13.3 Å². The molecule has 4 heteroatoms. The first kappa shape index (κ1) is 13.0. The Kier molecular flexibility index (Phi) is 4.31. The molecule has 1 heterocycles. The zero-order chi connectivity index (χ0) is 13.0. The summed E-state index contributed by atoms with van der Waals surface area (Å²) in [5.41, 5.74) is 1.20. The van der Waals surface area contributed by atoms with E-state index in [-0.39, 0.29) is 0 Å². The van der Waals surface area contributed by atoms with E-state index in [1.807, 2.05) is 6.07 Å². The summed E-state index contributed by atoms with van der Waals surface area (Å²) in [6.45, 7) is 5.36. The summed E-state index contributed by atoms with van der Waals surface area (Å²) in [7, 11) is 3.34. The molecule has 0 aliphatic carbocycles. The maximum absolute atomic E-state index is 5.35. The van der Waals surface area contributed by atoms with E-state index in [0.29, 0.717) is 6.04 Å². The molecular weight excluding hydrogens is 228 g/mol. The lowest BCUT2D eigenvalue weighted by Crippen LogP contribution is -2.28. The maximum atomic E-state index is 5.35. The van der Waals surface area contributed by atoms with Gasteiger partial charge in [0.25, 0.3) is 0 Å². The van der Waals surface area contributed by atoms with E-state index >= 15 is 0 Å². The third kappa shape index (κ3) is 2.88. The van der Waals surface area contributed by atoms with Gasteiger partial charge in [0.05, 0.1) is 14.2 Å². The number of ether oxygens (including phenoxy) is 2. The molecule has 1 aliphatic heterocycles. The molecule has 1 aromatic carbocycles. The van der Waals surface area contributed by atoms with Gasteiger partial charge in [-0.2, -0.15) is 0 Å². The topological polar surface area (TPSA) is 33.7 Å². The standard InChI is InChI=1S/C14H22N2O2/c1-11-6-8-16(9-7-15-11)12-4-5-13(17-2)14(10-12)18-3/h4-5,10-11,15H,6-9H2,1-3H3. The van der Waals surface area contributed by atoms with E-state index in [2.05, 4.69) is 29.3 Å². The largest absolute Gasteiger partial charge is 0.493 e. The monoisotopic (exact) mass is 250 g/mol. The quantitative estimate of drug-likeness (QED) is 0.888. The van der Waals surface area contributed by atoms with Gasteiger partial charge < -0.3 is 19.7 Å². The summed E-state index contributed by atoms with van der Waals surface area (Å²) in [5, 5.41) is 3.50.